The van der Waals surface area contributed by atoms with E-state index in [-0.39, 0.29) is 12.6 Å². The van der Waals surface area contributed by atoms with E-state index in [9.17, 15) is 12.9 Å². The van der Waals surface area contributed by atoms with Gasteiger partial charge in [0.1, 0.15) is 0 Å². The summed E-state index contributed by atoms with van der Waals surface area (Å²) in [5.74, 6) is 0. The lowest BCUT2D eigenvalue weighted by molar-refractivity contribution is -0.360. The summed E-state index contributed by atoms with van der Waals surface area (Å²) >= 11 is 0. The van der Waals surface area contributed by atoms with Gasteiger partial charge in [0.15, 0.2) is 0 Å². The molecule has 0 unspecified atom stereocenters. The molecule has 0 aliphatic carbocycles. The van der Waals surface area contributed by atoms with E-state index in [1.807, 2.05) is 0 Å². The van der Waals surface area contributed by atoms with Crippen molar-refractivity contribution in [3.63, 3.8) is 0 Å². The Morgan fingerprint density at radius 2 is 1.14 bits per heavy atom. The molecule has 2 rings (SSSR count). The summed E-state index contributed by atoms with van der Waals surface area (Å²) in [7, 11) is -3.88. The van der Waals surface area contributed by atoms with Gasteiger partial charge in [0.2, 0.25) is 0 Å². The van der Waals surface area contributed by atoms with Crippen molar-refractivity contribution in [1.82, 2.24) is 0 Å². The Bertz CT molecular complexity index is 431. The average Bonchev–Trinajstić information content (AvgIpc) is 2.46. The summed E-state index contributed by atoms with van der Waals surface area (Å²) in [6, 6.07) is 21.6. The second-order valence-corrected chi connectivity index (χ2v) is 6.26. The summed E-state index contributed by atoms with van der Waals surface area (Å²) < 4.78 is 29.0. The van der Waals surface area contributed by atoms with Crippen molar-refractivity contribution < 1.29 is 23.4 Å². The predicted octanol–water partition coefficient (Wildman–Crippen LogP) is -0.755. The van der Waals surface area contributed by atoms with E-state index in [2.05, 4.69) is 66.4 Å². The lowest BCUT2D eigenvalue weighted by Crippen LogP contribution is -3.00. The maximum Gasteiger partial charge on any atom is 0.762 e. The molecule has 2 aromatic rings. The third kappa shape index (κ3) is 7.83. The molecule has 0 fully saturated rings. The van der Waals surface area contributed by atoms with Gasteiger partial charge < -0.3 is 10.4 Å². The average molecular weight is 317 g/mol. The fourth-order valence-electron chi connectivity index (χ4n) is 1.78. The minimum atomic E-state index is -3.67. The highest BCUT2D eigenvalue weighted by Gasteiger charge is 2.12. The third-order valence-corrected chi connectivity index (χ3v) is 5.12. The van der Waals surface area contributed by atoms with E-state index in [0.717, 1.165) is 6.54 Å². The molecule has 0 spiro atoms. The molecule has 3 N–H and O–H groups in total. The van der Waals surface area contributed by atoms with Crippen LogP contribution in [0.5, 0.6) is 0 Å². The van der Waals surface area contributed by atoms with Crippen LogP contribution in [-0.2, 0) is 0 Å². The highest BCUT2D eigenvalue weighted by molar-refractivity contribution is 7.73. The quantitative estimate of drug-likeness (QED) is 0.436. The van der Waals surface area contributed by atoms with Crippen molar-refractivity contribution in [3.05, 3.63) is 60.7 Å². The highest BCUT2D eigenvalue weighted by Crippen LogP contribution is 2.31. The Hall–Kier alpha value is -1.39. The normalized spacial score (nSPS) is 9.38. The van der Waals surface area contributed by atoms with Crippen molar-refractivity contribution in [2.75, 3.05) is 12.7 Å². The van der Waals surface area contributed by atoms with E-state index in [1.54, 1.807) is 0 Å². The molecular weight excluding hydrogens is 300 g/mol. The van der Waals surface area contributed by atoms with Crippen LogP contribution in [0.4, 0.5) is 12.9 Å². The van der Waals surface area contributed by atoms with Gasteiger partial charge >= 0.3 is 7.54 Å². The van der Waals surface area contributed by atoms with Gasteiger partial charge in [-0.15, -0.1) is 0 Å². The van der Waals surface area contributed by atoms with E-state index in [4.69, 9.17) is 0 Å². The molecule has 0 bridgehead atoms. The van der Waals surface area contributed by atoms with Gasteiger partial charge in [-0.25, -0.2) is 0 Å². The fraction of sp³-hybridized carbons (Fsp3) is 0.143. The second-order valence-electron chi connectivity index (χ2n) is 3.92. The lowest BCUT2D eigenvalue weighted by Gasteiger charge is -2.16. The van der Waals surface area contributed by atoms with E-state index >= 15 is 0 Å². The Morgan fingerprint density at radius 1 is 0.810 bits per heavy atom. The van der Waals surface area contributed by atoms with E-state index in [0.29, 0.717) is 0 Å². The molecule has 0 heterocycles. The standard InChI is InChI=1S/C14H16NP.BF3.FH/c15-11-12-16(13-7-3-1-4-8-13)14-9-5-2-6-10-14;2-1(3)4;/h1-10H,11-12,15H2;;1H. The summed E-state index contributed by atoms with van der Waals surface area (Å²) in [5.41, 5.74) is 3.99. The minimum Gasteiger partial charge on any atom is -1.00 e. The van der Waals surface area contributed by atoms with E-state index in [1.165, 1.54) is 16.8 Å². The topological polar surface area (TPSA) is 27.6 Å². The monoisotopic (exact) mass is 317 g/mol. The van der Waals surface area contributed by atoms with Crippen molar-refractivity contribution in [2.45, 2.75) is 0 Å². The molecule has 0 aliphatic rings. The first kappa shape index (κ1) is 19.6. The van der Waals surface area contributed by atoms with Gasteiger partial charge in [-0.1, -0.05) is 60.7 Å². The number of quaternary nitrogens is 1. The molecule has 0 saturated heterocycles. The molecule has 114 valence electrons. The molecule has 0 amide bonds. The first-order chi connectivity index (χ1) is 9.65. The second kappa shape index (κ2) is 11.3. The Morgan fingerprint density at radius 3 is 1.43 bits per heavy atom. The predicted molar refractivity (Wildman–Crippen MR) is 80.8 cm³/mol. The van der Waals surface area contributed by atoms with Gasteiger partial charge in [0.05, 0.1) is 6.54 Å². The molecule has 0 aromatic heterocycles. The number of rotatable bonds is 4. The SMILES string of the molecule is FB(F)F.[F-].[NH3+]CCP(c1ccccc1)c1ccccc1. The van der Waals surface area contributed by atoms with E-state index < -0.39 is 7.54 Å². The van der Waals surface area contributed by atoms with Crippen molar-refractivity contribution in [1.29, 1.82) is 0 Å². The number of halogens is 4. The number of hydrogen-bond donors (Lipinski definition) is 1. The summed E-state index contributed by atoms with van der Waals surface area (Å²) in [4.78, 5) is 0. The molecular formula is C14H17BF4NP. The maximum atomic E-state index is 9.67. The molecule has 0 radical (unpaired) electrons. The van der Waals surface area contributed by atoms with Gasteiger partial charge in [-0.3, -0.25) is 12.9 Å². The first-order valence-electron chi connectivity index (χ1n) is 6.24. The van der Waals surface area contributed by atoms with Crippen LogP contribution < -0.4 is 21.0 Å². The molecule has 0 atom stereocenters. The Labute approximate surface area is 123 Å². The molecule has 21 heavy (non-hydrogen) atoms. The fourth-order valence-corrected chi connectivity index (χ4v) is 3.98. The van der Waals surface area contributed by atoms with Crippen LogP contribution in [-0.4, -0.2) is 20.3 Å². The van der Waals surface area contributed by atoms with Crippen LogP contribution in [0.2, 0.25) is 0 Å². The first-order valence-corrected chi connectivity index (χ1v) is 7.77. The van der Waals surface area contributed by atoms with Crippen molar-refractivity contribution in [2.24, 2.45) is 0 Å². The Kier molecular flexibility index (Phi) is 10.5. The van der Waals surface area contributed by atoms with Crippen LogP contribution in [0.15, 0.2) is 60.7 Å². The van der Waals surface area contributed by atoms with Crippen LogP contribution in [0.1, 0.15) is 0 Å². The zero-order valence-electron chi connectivity index (χ0n) is 11.4. The molecule has 1 nitrogen and oxygen atoms in total. The van der Waals surface area contributed by atoms with Gasteiger partial charge in [0.25, 0.3) is 0 Å². The van der Waals surface area contributed by atoms with Crippen LogP contribution in [0.3, 0.4) is 0 Å². The van der Waals surface area contributed by atoms with Crippen LogP contribution in [0, 0.1) is 0 Å². The van der Waals surface area contributed by atoms with Crippen LogP contribution >= 0.6 is 7.92 Å². The van der Waals surface area contributed by atoms with Gasteiger partial charge in [-0.05, 0) is 18.5 Å². The molecule has 2 aromatic carbocycles. The molecule has 0 saturated carbocycles. The maximum absolute atomic E-state index is 9.67. The smallest absolute Gasteiger partial charge is 0.762 e. The lowest BCUT2D eigenvalue weighted by atomic mass is 10.4. The summed E-state index contributed by atoms with van der Waals surface area (Å²) in [6.45, 7) is 0.996. The largest absolute Gasteiger partial charge is 1.00 e. The van der Waals surface area contributed by atoms with Gasteiger partial charge in [0, 0.05) is 6.16 Å². The van der Waals surface area contributed by atoms with Crippen LogP contribution in [0.25, 0.3) is 0 Å². The third-order valence-electron chi connectivity index (χ3n) is 2.52. The summed E-state index contributed by atoms with van der Waals surface area (Å²) in [5, 5.41) is 2.90. The zero-order chi connectivity index (χ0) is 14.8. The number of benzene rings is 2. The molecule has 0 aliphatic heterocycles. The number of hydrogen-bond acceptors (Lipinski definition) is 0. The minimum absolute atomic E-state index is 0. The highest BCUT2D eigenvalue weighted by atomic mass is 31.1. The summed E-state index contributed by atoms with van der Waals surface area (Å²) in [6.07, 6.45) is 1.17. The Balaban J connectivity index is 0.000000715. The zero-order valence-corrected chi connectivity index (χ0v) is 12.3. The van der Waals surface area contributed by atoms with Crippen molar-refractivity contribution >= 4 is 26.1 Å². The van der Waals surface area contributed by atoms with Gasteiger partial charge in [-0.2, -0.15) is 0 Å². The molecule has 7 heteroatoms. The van der Waals surface area contributed by atoms with Crippen molar-refractivity contribution in [3.8, 4) is 0 Å².